The summed E-state index contributed by atoms with van der Waals surface area (Å²) in [6.45, 7) is 1.71. The topological polar surface area (TPSA) is 96.1 Å². The van der Waals surface area contributed by atoms with Crippen LogP contribution in [-0.2, 0) is 16.1 Å². The Bertz CT molecular complexity index is 655. The van der Waals surface area contributed by atoms with Gasteiger partial charge in [-0.2, -0.15) is 0 Å². The summed E-state index contributed by atoms with van der Waals surface area (Å²) in [5.74, 6) is 0.547. The molecule has 1 aromatic carbocycles. The van der Waals surface area contributed by atoms with Gasteiger partial charge in [-0.15, -0.1) is 12.4 Å². The van der Waals surface area contributed by atoms with Gasteiger partial charge in [0.2, 0.25) is 11.8 Å². The highest BCUT2D eigenvalue weighted by Crippen LogP contribution is 2.26. The molecular formula is C19H28ClN3O4. The molecule has 150 valence electrons. The molecule has 2 fully saturated rings. The zero-order valence-corrected chi connectivity index (χ0v) is 16.4. The second-order valence-corrected chi connectivity index (χ2v) is 7.16. The zero-order chi connectivity index (χ0) is 18.7. The van der Waals surface area contributed by atoms with Gasteiger partial charge in [-0.3, -0.25) is 9.59 Å². The van der Waals surface area contributed by atoms with Crippen LogP contribution in [0.2, 0.25) is 0 Å². The number of benzene rings is 1. The van der Waals surface area contributed by atoms with Gasteiger partial charge >= 0.3 is 0 Å². The Balaban J connectivity index is 0.00000261. The Labute approximate surface area is 165 Å². The third kappa shape index (κ3) is 5.12. The van der Waals surface area contributed by atoms with Crippen molar-refractivity contribution < 1.29 is 19.4 Å². The van der Waals surface area contributed by atoms with Crippen molar-refractivity contribution in [3.63, 3.8) is 0 Å². The minimum atomic E-state index is -0.526. The Morgan fingerprint density at radius 1 is 1.26 bits per heavy atom. The summed E-state index contributed by atoms with van der Waals surface area (Å²) in [5, 5.41) is 9.72. The molecule has 27 heavy (non-hydrogen) atoms. The lowest BCUT2D eigenvalue weighted by molar-refractivity contribution is -0.149. The molecule has 0 radical (unpaired) electrons. The second-order valence-electron chi connectivity index (χ2n) is 7.16. The molecule has 8 heteroatoms. The van der Waals surface area contributed by atoms with E-state index in [0.29, 0.717) is 38.9 Å². The molecule has 3 rings (SSSR count). The van der Waals surface area contributed by atoms with Gasteiger partial charge < -0.3 is 25.4 Å². The number of hydrogen-bond acceptors (Lipinski definition) is 5. The fourth-order valence-corrected chi connectivity index (χ4v) is 3.69. The Morgan fingerprint density at radius 2 is 1.96 bits per heavy atom. The van der Waals surface area contributed by atoms with Gasteiger partial charge in [-0.05, 0) is 37.0 Å². The van der Waals surface area contributed by atoms with Crippen molar-refractivity contribution in [3.8, 4) is 5.75 Å². The molecule has 1 saturated heterocycles. The van der Waals surface area contributed by atoms with Crippen LogP contribution in [-0.4, -0.2) is 65.6 Å². The summed E-state index contributed by atoms with van der Waals surface area (Å²) in [6.07, 6.45) is 1.14. The third-order valence-corrected chi connectivity index (χ3v) is 5.37. The highest BCUT2D eigenvalue weighted by atomic mass is 35.5. The lowest BCUT2D eigenvalue weighted by Gasteiger charge is -2.38. The van der Waals surface area contributed by atoms with Crippen molar-refractivity contribution in [2.24, 2.45) is 11.7 Å². The lowest BCUT2D eigenvalue weighted by Crippen LogP contribution is -2.54. The minimum Gasteiger partial charge on any atom is -0.497 e. The first kappa shape index (κ1) is 21.5. The van der Waals surface area contributed by atoms with Crippen molar-refractivity contribution >= 4 is 24.2 Å². The molecule has 0 spiro atoms. The van der Waals surface area contributed by atoms with E-state index in [9.17, 15) is 14.7 Å². The molecule has 1 aromatic rings. The van der Waals surface area contributed by atoms with E-state index < -0.39 is 6.10 Å². The number of ether oxygens (including phenoxy) is 1. The highest BCUT2D eigenvalue weighted by Gasteiger charge is 2.35. The number of carbonyl (C=O) groups is 2. The first-order chi connectivity index (χ1) is 12.5. The van der Waals surface area contributed by atoms with Crippen LogP contribution in [0, 0.1) is 5.92 Å². The molecule has 1 saturated carbocycles. The van der Waals surface area contributed by atoms with Gasteiger partial charge in [0.25, 0.3) is 0 Å². The largest absolute Gasteiger partial charge is 0.497 e. The Hall–Kier alpha value is -1.83. The van der Waals surface area contributed by atoms with Gasteiger partial charge in [0.15, 0.2) is 0 Å². The number of carbonyl (C=O) groups excluding carboxylic acids is 2. The molecule has 1 aliphatic heterocycles. The van der Waals surface area contributed by atoms with E-state index >= 15 is 0 Å². The normalized spacial score (nSPS) is 25.7. The molecule has 3 N–H and O–H groups in total. The molecule has 0 bridgehead atoms. The van der Waals surface area contributed by atoms with Crippen molar-refractivity contribution in [2.45, 2.75) is 38.0 Å². The lowest BCUT2D eigenvalue weighted by atomic mass is 9.83. The summed E-state index contributed by atoms with van der Waals surface area (Å²) >= 11 is 0. The highest BCUT2D eigenvalue weighted by molar-refractivity contribution is 5.87. The maximum Gasteiger partial charge on any atom is 0.242 e. The average molecular weight is 398 g/mol. The number of aliphatic hydroxyl groups excluding tert-OH is 1. The van der Waals surface area contributed by atoms with Gasteiger partial charge in [-0.1, -0.05) is 12.1 Å². The SMILES string of the molecule is COc1ccc(CN2CCN(C(=O)[C@H]3CC[C@@H](O)[C@H](N)C3)CC2=O)cc1.Cl. The fraction of sp³-hybridized carbons (Fsp3) is 0.579. The van der Waals surface area contributed by atoms with E-state index in [1.54, 1.807) is 16.9 Å². The summed E-state index contributed by atoms with van der Waals surface area (Å²) < 4.78 is 5.14. The van der Waals surface area contributed by atoms with E-state index in [0.717, 1.165) is 11.3 Å². The summed E-state index contributed by atoms with van der Waals surface area (Å²) in [4.78, 5) is 28.6. The van der Waals surface area contributed by atoms with E-state index in [2.05, 4.69) is 0 Å². The molecular weight excluding hydrogens is 370 g/mol. The van der Waals surface area contributed by atoms with Crippen LogP contribution in [0.5, 0.6) is 5.75 Å². The van der Waals surface area contributed by atoms with Crippen molar-refractivity contribution in [1.82, 2.24) is 9.80 Å². The monoisotopic (exact) mass is 397 g/mol. The molecule has 2 amide bonds. The van der Waals surface area contributed by atoms with E-state index in [4.69, 9.17) is 10.5 Å². The number of nitrogens with zero attached hydrogens (tertiary/aromatic N) is 2. The second kappa shape index (κ2) is 9.39. The predicted octanol–water partition coefficient (Wildman–Crippen LogP) is 0.776. The van der Waals surface area contributed by atoms with Crippen LogP contribution >= 0.6 is 12.4 Å². The first-order valence-electron chi connectivity index (χ1n) is 9.11. The molecule has 0 unspecified atom stereocenters. The van der Waals surface area contributed by atoms with Gasteiger partial charge in [0, 0.05) is 31.6 Å². The molecule has 7 nitrogen and oxygen atoms in total. The summed E-state index contributed by atoms with van der Waals surface area (Å²) in [7, 11) is 1.62. The molecule has 1 aliphatic carbocycles. The molecule has 2 aliphatic rings. The van der Waals surface area contributed by atoms with E-state index in [-0.39, 0.29) is 42.7 Å². The number of aliphatic hydroxyl groups is 1. The number of rotatable bonds is 4. The number of halogens is 1. The van der Waals surface area contributed by atoms with Crippen molar-refractivity contribution in [3.05, 3.63) is 29.8 Å². The third-order valence-electron chi connectivity index (χ3n) is 5.37. The van der Waals surface area contributed by atoms with Crippen LogP contribution in [0.1, 0.15) is 24.8 Å². The average Bonchev–Trinajstić information content (AvgIpc) is 2.65. The number of methoxy groups -OCH3 is 1. The Kier molecular flexibility index (Phi) is 7.47. The Morgan fingerprint density at radius 3 is 2.56 bits per heavy atom. The van der Waals surface area contributed by atoms with E-state index in [1.807, 2.05) is 24.3 Å². The van der Waals surface area contributed by atoms with Crippen LogP contribution < -0.4 is 10.5 Å². The molecule has 3 atom stereocenters. The van der Waals surface area contributed by atoms with Crippen molar-refractivity contribution in [2.75, 3.05) is 26.7 Å². The summed E-state index contributed by atoms with van der Waals surface area (Å²) in [5.41, 5.74) is 6.92. The first-order valence-corrected chi connectivity index (χ1v) is 9.11. The smallest absolute Gasteiger partial charge is 0.242 e. The number of hydrogen-bond donors (Lipinski definition) is 2. The molecule has 0 aromatic heterocycles. The van der Waals surface area contributed by atoms with Gasteiger partial charge in [0.05, 0.1) is 19.8 Å². The van der Waals surface area contributed by atoms with Gasteiger partial charge in [-0.25, -0.2) is 0 Å². The van der Waals surface area contributed by atoms with Crippen LogP contribution in [0.25, 0.3) is 0 Å². The predicted molar refractivity (Wildman–Crippen MR) is 104 cm³/mol. The quantitative estimate of drug-likeness (QED) is 0.782. The molecule has 1 heterocycles. The van der Waals surface area contributed by atoms with Crippen molar-refractivity contribution in [1.29, 1.82) is 0 Å². The van der Waals surface area contributed by atoms with Crippen LogP contribution in [0.4, 0.5) is 0 Å². The number of amides is 2. The zero-order valence-electron chi connectivity index (χ0n) is 15.5. The summed E-state index contributed by atoms with van der Waals surface area (Å²) in [6, 6.07) is 7.28. The maximum atomic E-state index is 12.7. The maximum absolute atomic E-state index is 12.7. The number of nitrogens with two attached hydrogens (primary N) is 1. The van der Waals surface area contributed by atoms with Crippen LogP contribution in [0.3, 0.4) is 0 Å². The van der Waals surface area contributed by atoms with E-state index in [1.165, 1.54) is 0 Å². The fourth-order valence-electron chi connectivity index (χ4n) is 3.69. The number of piperazine rings is 1. The standard InChI is InChI=1S/C19H27N3O4.ClH/c1-26-15-5-2-13(3-6-15)11-21-8-9-22(12-18(21)24)19(25)14-4-7-17(23)16(20)10-14;/h2-3,5-6,14,16-17,23H,4,7-12,20H2,1H3;1H/t14-,16+,17+;/m0./s1. The van der Waals surface area contributed by atoms with Gasteiger partial charge in [0.1, 0.15) is 5.75 Å². The minimum absolute atomic E-state index is 0. The van der Waals surface area contributed by atoms with Crippen LogP contribution in [0.15, 0.2) is 24.3 Å².